The van der Waals surface area contributed by atoms with Gasteiger partial charge >= 0.3 is 0 Å². The first-order chi connectivity index (χ1) is 15.4. The van der Waals surface area contributed by atoms with Crippen molar-refractivity contribution in [3.63, 3.8) is 0 Å². The van der Waals surface area contributed by atoms with Crippen LogP contribution in [-0.4, -0.2) is 20.9 Å². The predicted octanol–water partition coefficient (Wildman–Crippen LogP) is 4.97. The summed E-state index contributed by atoms with van der Waals surface area (Å²) < 4.78 is 33.2. The fourth-order valence-electron chi connectivity index (χ4n) is 3.22. The van der Waals surface area contributed by atoms with Crippen LogP contribution in [0.25, 0.3) is 10.8 Å². The molecule has 0 spiro atoms. The fraction of sp³-hybridized carbons (Fsp3) is 0.0800. The smallest absolute Gasteiger partial charge is 0.262 e. The van der Waals surface area contributed by atoms with Gasteiger partial charge in [-0.3, -0.25) is 9.52 Å². The molecule has 0 aromatic heterocycles. The van der Waals surface area contributed by atoms with Crippen molar-refractivity contribution >= 4 is 38.1 Å². The highest BCUT2D eigenvalue weighted by Crippen LogP contribution is 2.23. The van der Waals surface area contributed by atoms with Crippen LogP contribution in [0.3, 0.4) is 0 Å². The van der Waals surface area contributed by atoms with Gasteiger partial charge in [0.1, 0.15) is 5.75 Å². The first kappa shape index (κ1) is 21.4. The summed E-state index contributed by atoms with van der Waals surface area (Å²) in [6.45, 7) is 1.73. The lowest BCUT2D eigenvalue weighted by Crippen LogP contribution is -2.20. The predicted molar refractivity (Wildman–Crippen MR) is 127 cm³/mol. The topological polar surface area (TPSA) is 84.5 Å². The Morgan fingerprint density at radius 1 is 0.844 bits per heavy atom. The molecule has 4 rings (SSSR count). The van der Waals surface area contributed by atoms with Crippen LogP contribution >= 0.6 is 0 Å². The number of fused-ring (bicyclic) bond motifs is 1. The summed E-state index contributed by atoms with van der Waals surface area (Å²) >= 11 is 0. The second kappa shape index (κ2) is 9.11. The van der Waals surface area contributed by atoms with E-state index in [0.29, 0.717) is 17.1 Å². The van der Waals surface area contributed by atoms with Gasteiger partial charge in [-0.25, -0.2) is 8.42 Å². The van der Waals surface area contributed by atoms with Crippen molar-refractivity contribution < 1.29 is 17.9 Å². The molecule has 0 saturated carbocycles. The molecule has 0 saturated heterocycles. The molecule has 4 aromatic carbocycles. The fourth-order valence-corrected chi connectivity index (χ4v) is 4.28. The highest BCUT2D eigenvalue weighted by molar-refractivity contribution is 7.92. The SMILES string of the molecule is Cc1ccc(NS(=O)(=O)c2ccc(OCC(=O)Nc3cccc4ccccc34)cc2)cc1. The Bertz CT molecular complexity index is 1340. The molecule has 162 valence electrons. The Kier molecular flexibility index (Phi) is 6.09. The summed E-state index contributed by atoms with van der Waals surface area (Å²) in [6.07, 6.45) is 0. The molecule has 32 heavy (non-hydrogen) atoms. The molecule has 0 aliphatic carbocycles. The highest BCUT2D eigenvalue weighted by Gasteiger charge is 2.14. The van der Waals surface area contributed by atoms with E-state index in [2.05, 4.69) is 10.0 Å². The summed E-state index contributed by atoms with van der Waals surface area (Å²) in [5.74, 6) is 0.0893. The maximum atomic E-state index is 12.6. The van der Waals surface area contributed by atoms with Gasteiger partial charge in [0, 0.05) is 16.8 Å². The van der Waals surface area contributed by atoms with E-state index in [1.54, 1.807) is 12.1 Å². The van der Waals surface area contributed by atoms with Crippen molar-refractivity contribution in [1.29, 1.82) is 0 Å². The van der Waals surface area contributed by atoms with E-state index in [9.17, 15) is 13.2 Å². The molecule has 0 fully saturated rings. The van der Waals surface area contributed by atoms with E-state index in [4.69, 9.17) is 4.74 Å². The zero-order valence-electron chi connectivity index (χ0n) is 17.4. The van der Waals surface area contributed by atoms with Gasteiger partial charge in [-0.1, -0.05) is 54.1 Å². The summed E-state index contributed by atoms with van der Waals surface area (Å²) in [7, 11) is -3.72. The number of aryl methyl sites for hydroxylation is 1. The standard InChI is InChI=1S/C25H22N2O4S/c1-18-9-11-20(12-10-18)27-32(29,30)22-15-13-21(14-16-22)31-17-25(28)26-24-8-4-6-19-5-2-3-7-23(19)24/h2-16,27H,17H2,1H3,(H,26,28). The molecule has 0 unspecified atom stereocenters. The number of rotatable bonds is 7. The van der Waals surface area contributed by atoms with Gasteiger partial charge < -0.3 is 10.1 Å². The molecule has 0 atom stereocenters. The van der Waals surface area contributed by atoms with Crippen molar-refractivity contribution in [2.75, 3.05) is 16.6 Å². The number of ether oxygens (including phenoxy) is 1. The maximum absolute atomic E-state index is 12.6. The number of anilines is 2. The molecule has 0 radical (unpaired) electrons. The molecule has 1 amide bonds. The van der Waals surface area contributed by atoms with Crippen molar-refractivity contribution in [2.45, 2.75) is 11.8 Å². The number of nitrogens with one attached hydrogen (secondary N) is 2. The van der Waals surface area contributed by atoms with Gasteiger partial charge in [-0.2, -0.15) is 0 Å². The Hall–Kier alpha value is -3.84. The molecule has 7 heteroatoms. The van der Waals surface area contributed by atoms with Gasteiger partial charge in [-0.15, -0.1) is 0 Å². The van der Waals surface area contributed by atoms with Gasteiger partial charge in [0.05, 0.1) is 4.90 Å². The lowest BCUT2D eigenvalue weighted by atomic mass is 10.1. The van der Waals surface area contributed by atoms with Crippen LogP contribution in [-0.2, 0) is 14.8 Å². The lowest BCUT2D eigenvalue weighted by molar-refractivity contribution is -0.118. The minimum absolute atomic E-state index is 0.102. The van der Waals surface area contributed by atoms with Crippen molar-refractivity contribution in [3.05, 3.63) is 96.6 Å². The molecule has 2 N–H and O–H groups in total. The molecule has 0 heterocycles. The summed E-state index contributed by atoms with van der Waals surface area (Å²) in [5, 5.41) is 4.83. The van der Waals surface area contributed by atoms with Crippen LogP contribution in [0.4, 0.5) is 11.4 Å². The normalized spacial score (nSPS) is 11.2. The zero-order chi connectivity index (χ0) is 22.6. The van der Waals surface area contributed by atoms with Crippen molar-refractivity contribution in [2.24, 2.45) is 0 Å². The Morgan fingerprint density at radius 3 is 2.28 bits per heavy atom. The molecule has 0 aliphatic rings. The summed E-state index contributed by atoms with van der Waals surface area (Å²) in [6, 6.07) is 26.5. The van der Waals surface area contributed by atoms with Crippen LogP contribution in [0.2, 0.25) is 0 Å². The summed E-state index contributed by atoms with van der Waals surface area (Å²) in [4.78, 5) is 12.4. The molecule has 6 nitrogen and oxygen atoms in total. The van der Waals surface area contributed by atoms with Crippen LogP contribution in [0.5, 0.6) is 5.75 Å². The highest BCUT2D eigenvalue weighted by atomic mass is 32.2. The van der Waals surface area contributed by atoms with E-state index in [0.717, 1.165) is 16.3 Å². The largest absolute Gasteiger partial charge is 0.484 e. The second-order valence-corrected chi connectivity index (χ2v) is 8.99. The number of carbonyl (C=O) groups is 1. The van der Waals surface area contributed by atoms with Crippen molar-refractivity contribution in [1.82, 2.24) is 0 Å². The van der Waals surface area contributed by atoms with Crippen LogP contribution < -0.4 is 14.8 Å². The van der Waals surface area contributed by atoms with Crippen LogP contribution in [0.15, 0.2) is 95.9 Å². The van der Waals surface area contributed by atoms with E-state index < -0.39 is 10.0 Å². The van der Waals surface area contributed by atoms with Gasteiger partial charge in [-0.05, 0) is 54.8 Å². The molecule has 4 aromatic rings. The first-order valence-corrected chi connectivity index (χ1v) is 11.5. The van der Waals surface area contributed by atoms with Crippen molar-refractivity contribution in [3.8, 4) is 5.75 Å². The van der Waals surface area contributed by atoms with E-state index in [1.165, 1.54) is 24.3 Å². The quantitative estimate of drug-likeness (QED) is 0.420. The average molecular weight is 447 g/mol. The van der Waals surface area contributed by atoms with E-state index in [1.807, 2.05) is 61.5 Å². The van der Waals surface area contributed by atoms with Gasteiger partial charge in [0.15, 0.2) is 6.61 Å². The molecular formula is C25H22N2O4S. The Morgan fingerprint density at radius 2 is 1.53 bits per heavy atom. The summed E-state index contributed by atoms with van der Waals surface area (Å²) in [5.41, 5.74) is 2.24. The third kappa shape index (κ3) is 5.07. The number of benzene rings is 4. The van der Waals surface area contributed by atoms with Gasteiger partial charge in [0.25, 0.3) is 15.9 Å². The first-order valence-electron chi connectivity index (χ1n) is 10.0. The zero-order valence-corrected chi connectivity index (χ0v) is 18.2. The van der Waals surface area contributed by atoms with Gasteiger partial charge in [0.2, 0.25) is 0 Å². The third-order valence-electron chi connectivity index (χ3n) is 4.87. The number of hydrogen-bond donors (Lipinski definition) is 2. The van der Waals surface area contributed by atoms with Crippen LogP contribution in [0, 0.1) is 6.92 Å². The average Bonchev–Trinajstić information content (AvgIpc) is 2.80. The van der Waals surface area contributed by atoms with Crippen LogP contribution in [0.1, 0.15) is 5.56 Å². The number of amides is 1. The molecule has 0 bridgehead atoms. The number of hydrogen-bond acceptors (Lipinski definition) is 4. The second-order valence-electron chi connectivity index (χ2n) is 7.31. The molecular weight excluding hydrogens is 424 g/mol. The Balaban J connectivity index is 1.37. The maximum Gasteiger partial charge on any atom is 0.262 e. The molecule has 0 aliphatic heterocycles. The lowest BCUT2D eigenvalue weighted by Gasteiger charge is -2.11. The minimum Gasteiger partial charge on any atom is -0.484 e. The van der Waals surface area contributed by atoms with E-state index in [-0.39, 0.29) is 17.4 Å². The Labute approximate surface area is 186 Å². The number of sulfonamides is 1. The minimum atomic E-state index is -3.72. The monoisotopic (exact) mass is 446 g/mol. The third-order valence-corrected chi connectivity index (χ3v) is 6.27. The van der Waals surface area contributed by atoms with E-state index >= 15 is 0 Å². The number of carbonyl (C=O) groups excluding carboxylic acids is 1.